The second-order valence-electron chi connectivity index (χ2n) is 3.97. The summed E-state index contributed by atoms with van der Waals surface area (Å²) >= 11 is 0. The maximum absolute atomic E-state index is 13.7. The van der Waals surface area contributed by atoms with E-state index in [-0.39, 0.29) is 28.6 Å². The number of carbonyl (C=O) groups is 1. The van der Waals surface area contributed by atoms with E-state index in [0.29, 0.717) is 0 Å². The van der Waals surface area contributed by atoms with Crippen molar-refractivity contribution in [3.05, 3.63) is 51.7 Å². The number of carboxylic acids is 1. The van der Waals surface area contributed by atoms with Crippen molar-refractivity contribution in [1.82, 2.24) is 9.97 Å². The molecule has 0 fully saturated rings. The number of rotatable bonds is 4. The fraction of sp³-hybridized carbons (Fsp3) is 0.0833. The summed E-state index contributed by atoms with van der Waals surface area (Å²) in [5, 5.41) is 19.3. The largest absolute Gasteiger partial charge is 0.476 e. The van der Waals surface area contributed by atoms with Crippen LogP contribution in [-0.2, 0) is 0 Å². The number of nitrogens with zero attached hydrogens (tertiary/aromatic N) is 3. The first-order valence-electron chi connectivity index (χ1n) is 5.56. The number of nitro groups is 1. The number of hydrogen-bond acceptors (Lipinski definition) is 6. The zero-order chi connectivity index (χ0) is 15.6. The lowest BCUT2D eigenvalue weighted by Gasteiger charge is -2.07. The number of benzene rings is 1. The van der Waals surface area contributed by atoms with Crippen molar-refractivity contribution in [2.24, 2.45) is 0 Å². The van der Waals surface area contributed by atoms with Crippen LogP contribution in [0.1, 0.15) is 16.1 Å². The van der Waals surface area contributed by atoms with Gasteiger partial charge in [-0.3, -0.25) is 10.1 Å². The Bertz CT molecular complexity index is 718. The summed E-state index contributed by atoms with van der Waals surface area (Å²) in [5.41, 5.74) is -0.443. The van der Waals surface area contributed by atoms with Crippen LogP contribution in [0.3, 0.4) is 0 Å². The summed E-state index contributed by atoms with van der Waals surface area (Å²) in [4.78, 5) is 27.8. The van der Waals surface area contributed by atoms with E-state index in [9.17, 15) is 19.3 Å². The lowest BCUT2D eigenvalue weighted by atomic mass is 10.2. The van der Waals surface area contributed by atoms with Crippen LogP contribution >= 0.6 is 0 Å². The molecule has 1 aromatic heterocycles. The van der Waals surface area contributed by atoms with Gasteiger partial charge in [0.1, 0.15) is 0 Å². The van der Waals surface area contributed by atoms with Crippen molar-refractivity contribution >= 4 is 11.7 Å². The zero-order valence-electron chi connectivity index (χ0n) is 10.6. The Morgan fingerprint density at radius 3 is 2.62 bits per heavy atom. The van der Waals surface area contributed by atoms with Crippen LogP contribution in [0.5, 0.6) is 11.6 Å². The number of aromatic carboxylic acids is 1. The Morgan fingerprint density at radius 1 is 1.38 bits per heavy atom. The number of aromatic nitrogens is 2. The highest BCUT2D eigenvalue weighted by molar-refractivity contribution is 5.84. The average Bonchev–Trinajstić information content (AvgIpc) is 2.42. The van der Waals surface area contributed by atoms with Gasteiger partial charge < -0.3 is 9.84 Å². The fourth-order valence-electron chi connectivity index (χ4n) is 1.51. The van der Waals surface area contributed by atoms with Gasteiger partial charge in [-0.25, -0.2) is 19.2 Å². The second kappa shape index (κ2) is 5.49. The molecule has 0 unspecified atom stereocenters. The predicted molar refractivity (Wildman–Crippen MR) is 66.9 cm³/mol. The summed E-state index contributed by atoms with van der Waals surface area (Å²) < 4.78 is 18.8. The standard InChI is InChI=1S/C12H8FN3O5/c1-6-2-10(7(13)3-9(6)16(19)20)21-11-5-14-8(4-15-11)12(17)18/h2-5H,1H3,(H,17,18). The minimum atomic E-state index is -1.26. The van der Waals surface area contributed by atoms with Gasteiger partial charge in [0.05, 0.1) is 23.4 Å². The van der Waals surface area contributed by atoms with Gasteiger partial charge in [-0.2, -0.15) is 0 Å². The number of carboxylic acid groups (broad SMARTS) is 1. The Kier molecular flexibility index (Phi) is 3.74. The van der Waals surface area contributed by atoms with Gasteiger partial charge in [0, 0.05) is 5.56 Å². The summed E-state index contributed by atoms with van der Waals surface area (Å²) in [7, 11) is 0. The van der Waals surface area contributed by atoms with E-state index in [1.807, 2.05) is 0 Å². The third-order valence-corrected chi connectivity index (χ3v) is 2.51. The van der Waals surface area contributed by atoms with E-state index in [1.165, 1.54) is 6.92 Å². The van der Waals surface area contributed by atoms with E-state index in [2.05, 4.69) is 9.97 Å². The molecule has 0 spiro atoms. The third-order valence-electron chi connectivity index (χ3n) is 2.51. The molecule has 0 aliphatic rings. The van der Waals surface area contributed by atoms with Gasteiger partial charge in [0.25, 0.3) is 5.69 Å². The van der Waals surface area contributed by atoms with Crippen molar-refractivity contribution in [2.45, 2.75) is 6.92 Å². The van der Waals surface area contributed by atoms with E-state index in [0.717, 1.165) is 24.5 Å². The highest BCUT2D eigenvalue weighted by Gasteiger charge is 2.17. The number of aryl methyl sites for hydroxylation is 1. The van der Waals surface area contributed by atoms with Crippen LogP contribution < -0.4 is 4.74 Å². The van der Waals surface area contributed by atoms with Crippen LogP contribution in [0.4, 0.5) is 10.1 Å². The van der Waals surface area contributed by atoms with Crippen molar-refractivity contribution in [1.29, 1.82) is 0 Å². The van der Waals surface area contributed by atoms with E-state index < -0.39 is 16.7 Å². The van der Waals surface area contributed by atoms with Crippen LogP contribution in [0, 0.1) is 22.9 Å². The quantitative estimate of drug-likeness (QED) is 0.679. The monoisotopic (exact) mass is 293 g/mol. The molecule has 0 aliphatic carbocycles. The second-order valence-corrected chi connectivity index (χ2v) is 3.97. The molecule has 0 radical (unpaired) electrons. The molecule has 0 atom stereocenters. The van der Waals surface area contributed by atoms with E-state index in [1.54, 1.807) is 0 Å². The van der Waals surface area contributed by atoms with Gasteiger partial charge >= 0.3 is 5.97 Å². The molecule has 21 heavy (non-hydrogen) atoms. The molecule has 108 valence electrons. The molecule has 8 nitrogen and oxygen atoms in total. The van der Waals surface area contributed by atoms with Crippen molar-refractivity contribution in [3.63, 3.8) is 0 Å². The Balaban J connectivity index is 2.29. The Labute approximate surface area is 117 Å². The minimum Gasteiger partial charge on any atom is -0.476 e. The molecule has 0 amide bonds. The first-order valence-corrected chi connectivity index (χ1v) is 5.56. The van der Waals surface area contributed by atoms with Crippen molar-refractivity contribution in [2.75, 3.05) is 0 Å². The Hall–Kier alpha value is -3.10. The molecule has 0 aliphatic heterocycles. The van der Waals surface area contributed by atoms with Gasteiger partial charge in [0.15, 0.2) is 17.3 Å². The smallest absolute Gasteiger partial charge is 0.356 e. The molecule has 0 bridgehead atoms. The van der Waals surface area contributed by atoms with Crippen molar-refractivity contribution in [3.8, 4) is 11.6 Å². The van der Waals surface area contributed by atoms with Crippen LogP contribution in [0.2, 0.25) is 0 Å². The molecule has 1 N–H and O–H groups in total. The molecular formula is C12H8FN3O5. The maximum atomic E-state index is 13.7. The number of ether oxygens (including phenoxy) is 1. The van der Waals surface area contributed by atoms with E-state index >= 15 is 0 Å². The Morgan fingerprint density at radius 2 is 2.10 bits per heavy atom. The van der Waals surface area contributed by atoms with Crippen LogP contribution in [0.25, 0.3) is 0 Å². The third kappa shape index (κ3) is 3.08. The summed E-state index contributed by atoms with van der Waals surface area (Å²) in [6.07, 6.45) is 1.97. The van der Waals surface area contributed by atoms with Crippen LogP contribution in [-0.4, -0.2) is 26.0 Å². The highest BCUT2D eigenvalue weighted by atomic mass is 19.1. The minimum absolute atomic E-state index is 0.132. The topological polar surface area (TPSA) is 115 Å². The molecule has 2 rings (SSSR count). The van der Waals surface area contributed by atoms with E-state index in [4.69, 9.17) is 9.84 Å². The van der Waals surface area contributed by atoms with Gasteiger partial charge in [-0.1, -0.05) is 0 Å². The summed E-state index contributed by atoms with van der Waals surface area (Å²) in [6, 6.07) is 1.89. The fourth-order valence-corrected chi connectivity index (χ4v) is 1.51. The average molecular weight is 293 g/mol. The van der Waals surface area contributed by atoms with Gasteiger partial charge in [-0.05, 0) is 13.0 Å². The van der Waals surface area contributed by atoms with Gasteiger partial charge in [-0.15, -0.1) is 0 Å². The number of halogens is 1. The number of nitro benzene ring substituents is 1. The SMILES string of the molecule is Cc1cc(Oc2cnc(C(=O)O)cn2)c(F)cc1[N+](=O)[O-]. The molecule has 0 saturated heterocycles. The normalized spacial score (nSPS) is 10.2. The molecule has 9 heteroatoms. The van der Waals surface area contributed by atoms with Crippen LogP contribution in [0.15, 0.2) is 24.5 Å². The lowest BCUT2D eigenvalue weighted by Crippen LogP contribution is -2.02. The molecule has 0 saturated carbocycles. The molecule has 2 aromatic rings. The highest BCUT2D eigenvalue weighted by Crippen LogP contribution is 2.29. The number of hydrogen-bond donors (Lipinski definition) is 1. The molecule has 1 aromatic carbocycles. The summed E-state index contributed by atoms with van der Waals surface area (Å²) in [6.45, 7) is 1.43. The predicted octanol–water partition coefficient (Wildman–Crippen LogP) is 2.32. The first kappa shape index (κ1) is 14.3. The van der Waals surface area contributed by atoms with Crippen molar-refractivity contribution < 1.29 is 24.0 Å². The first-order chi connectivity index (χ1) is 9.88. The molecular weight excluding hydrogens is 285 g/mol. The zero-order valence-corrected chi connectivity index (χ0v) is 10.6. The summed E-state index contributed by atoms with van der Waals surface area (Å²) in [5.74, 6) is -2.59. The maximum Gasteiger partial charge on any atom is 0.356 e. The molecule has 1 heterocycles. The lowest BCUT2D eigenvalue weighted by molar-refractivity contribution is -0.385. The van der Waals surface area contributed by atoms with Gasteiger partial charge in [0.2, 0.25) is 5.88 Å².